The molecule has 1 amide bonds. The number of carbonyl (C=O) groups excluding carboxylic acids is 1. The molecule has 1 N–H and O–H groups in total. The van der Waals surface area contributed by atoms with Crippen LogP contribution in [-0.4, -0.2) is 16.0 Å². The van der Waals surface area contributed by atoms with Crippen LogP contribution in [0.2, 0.25) is 0 Å². The Kier molecular flexibility index (Phi) is 4.08. The number of amides is 1. The second-order valence-corrected chi connectivity index (χ2v) is 7.10. The summed E-state index contributed by atoms with van der Waals surface area (Å²) in [5.41, 5.74) is 1.63. The van der Waals surface area contributed by atoms with Crippen molar-refractivity contribution < 1.29 is 9.32 Å². The Bertz CT molecular complexity index is 788. The van der Waals surface area contributed by atoms with E-state index in [1.54, 1.807) is 11.3 Å². The van der Waals surface area contributed by atoms with E-state index in [2.05, 4.69) is 15.5 Å². The molecular formula is C15H15N3O2S2. The van der Waals surface area contributed by atoms with Crippen molar-refractivity contribution in [3.05, 3.63) is 29.3 Å². The average Bonchev–Trinajstić information content (AvgIpc) is 3.17. The van der Waals surface area contributed by atoms with Crippen molar-refractivity contribution in [3.8, 4) is 21.2 Å². The molecule has 0 aliphatic heterocycles. The van der Waals surface area contributed by atoms with E-state index in [0.29, 0.717) is 10.9 Å². The highest BCUT2D eigenvalue weighted by molar-refractivity contribution is 7.20. The van der Waals surface area contributed by atoms with Gasteiger partial charge in [0.1, 0.15) is 10.6 Å². The smallest absolute Gasteiger partial charge is 0.228 e. The van der Waals surface area contributed by atoms with Crippen molar-refractivity contribution in [2.75, 3.05) is 5.32 Å². The number of aryl methyl sites for hydroxylation is 1. The molecule has 0 saturated heterocycles. The van der Waals surface area contributed by atoms with Gasteiger partial charge in [0.25, 0.3) is 0 Å². The first-order chi connectivity index (χ1) is 10.5. The number of rotatable bonds is 4. The Morgan fingerprint density at radius 1 is 1.41 bits per heavy atom. The molecule has 114 valence electrons. The Morgan fingerprint density at radius 2 is 2.23 bits per heavy atom. The predicted molar refractivity (Wildman–Crippen MR) is 89.1 cm³/mol. The number of aromatic nitrogens is 2. The quantitative estimate of drug-likeness (QED) is 0.767. The fourth-order valence-corrected chi connectivity index (χ4v) is 3.56. The normalized spacial score (nSPS) is 11.1. The number of thiophene rings is 1. The molecule has 0 radical (unpaired) electrons. The topological polar surface area (TPSA) is 68.0 Å². The van der Waals surface area contributed by atoms with Crippen molar-refractivity contribution in [2.24, 2.45) is 5.92 Å². The first-order valence-electron chi connectivity index (χ1n) is 6.84. The summed E-state index contributed by atoms with van der Waals surface area (Å²) in [6.45, 7) is 5.58. The molecule has 3 aromatic heterocycles. The van der Waals surface area contributed by atoms with Crippen molar-refractivity contribution in [1.82, 2.24) is 10.1 Å². The van der Waals surface area contributed by atoms with Gasteiger partial charge >= 0.3 is 0 Å². The lowest BCUT2D eigenvalue weighted by atomic mass is 10.2. The molecule has 7 heteroatoms. The highest BCUT2D eigenvalue weighted by Crippen LogP contribution is 2.40. The molecule has 0 saturated carbocycles. The van der Waals surface area contributed by atoms with Gasteiger partial charge in [-0.3, -0.25) is 4.79 Å². The maximum absolute atomic E-state index is 11.9. The number of nitrogens with one attached hydrogen (secondary N) is 1. The molecule has 0 bridgehead atoms. The molecule has 0 fully saturated rings. The van der Waals surface area contributed by atoms with Crippen LogP contribution in [0.5, 0.6) is 0 Å². The lowest BCUT2D eigenvalue weighted by molar-refractivity contribution is -0.118. The molecule has 3 aromatic rings. The number of hydrogen-bond donors (Lipinski definition) is 1. The maximum atomic E-state index is 11.9. The third-order valence-electron chi connectivity index (χ3n) is 2.99. The average molecular weight is 333 g/mol. The van der Waals surface area contributed by atoms with Crippen LogP contribution in [0.3, 0.4) is 0 Å². The fourth-order valence-electron chi connectivity index (χ4n) is 1.84. The summed E-state index contributed by atoms with van der Waals surface area (Å²) in [7, 11) is 0. The number of thiazole rings is 1. The monoisotopic (exact) mass is 333 g/mol. The SMILES string of the molecule is Cc1cc(-c2sc(NC(=O)C(C)C)nc2-c2cccs2)on1. The van der Waals surface area contributed by atoms with Gasteiger partial charge in [0.15, 0.2) is 10.9 Å². The second-order valence-electron chi connectivity index (χ2n) is 5.15. The Balaban J connectivity index is 2.03. The first-order valence-corrected chi connectivity index (χ1v) is 8.53. The Morgan fingerprint density at radius 3 is 2.82 bits per heavy atom. The van der Waals surface area contributed by atoms with Gasteiger partial charge in [0.05, 0.1) is 10.6 Å². The zero-order valence-corrected chi connectivity index (χ0v) is 14.0. The van der Waals surface area contributed by atoms with E-state index in [0.717, 1.165) is 21.1 Å². The van der Waals surface area contributed by atoms with E-state index in [4.69, 9.17) is 4.52 Å². The van der Waals surface area contributed by atoms with E-state index in [1.165, 1.54) is 11.3 Å². The summed E-state index contributed by atoms with van der Waals surface area (Å²) in [6, 6.07) is 5.85. The van der Waals surface area contributed by atoms with Gasteiger partial charge in [-0.05, 0) is 18.4 Å². The Hall–Kier alpha value is -1.99. The summed E-state index contributed by atoms with van der Waals surface area (Å²) in [4.78, 5) is 18.4. The number of hydrogen-bond acceptors (Lipinski definition) is 6. The predicted octanol–water partition coefficient (Wildman–Crippen LogP) is 4.43. The van der Waals surface area contributed by atoms with Crippen LogP contribution in [-0.2, 0) is 4.79 Å². The zero-order chi connectivity index (χ0) is 15.7. The van der Waals surface area contributed by atoms with Crippen LogP contribution >= 0.6 is 22.7 Å². The molecule has 0 unspecified atom stereocenters. The van der Waals surface area contributed by atoms with E-state index in [-0.39, 0.29) is 11.8 Å². The third kappa shape index (κ3) is 2.95. The number of anilines is 1. The third-order valence-corrected chi connectivity index (χ3v) is 4.85. The number of nitrogens with zero attached hydrogens (tertiary/aromatic N) is 2. The minimum absolute atomic E-state index is 0.0493. The van der Waals surface area contributed by atoms with Crippen LogP contribution in [0.4, 0.5) is 5.13 Å². The lowest BCUT2D eigenvalue weighted by Gasteiger charge is -2.02. The molecule has 3 rings (SSSR count). The minimum atomic E-state index is -0.0925. The molecule has 0 aliphatic carbocycles. The van der Waals surface area contributed by atoms with E-state index >= 15 is 0 Å². The second kappa shape index (κ2) is 6.02. The van der Waals surface area contributed by atoms with E-state index in [1.807, 2.05) is 44.4 Å². The zero-order valence-electron chi connectivity index (χ0n) is 12.4. The Labute approximate surface area is 136 Å². The highest BCUT2D eigenvalue weighted by atomic mass is 32.1. The molecule has 3 heterocycles. The number of carbonyl (C=O) groups is 1. The summed E-state index contributed by atoms with van der Waals surface area (Å²) < 4.78 is 5.37. The molecule has 5 nitrogen and oxygen atoms in total. The van der Waals surface area contributed by atoms with Crippen molar-refractivity contribution >= 4 is 33.7 Å². The van der Waals surface area contributed by atoms with Gasteiger partial charge in [-0.15, -0.1) is 11.3 Å². The minimum Gasteiger partial charge on any atom is -0.355 e. The molecule has 0 atom stereocenters. The van der Waals surface area contributed by atoms with Gasteiger partial charge in [-0.1, -0.05) is 36.4 Å². The standard InChI is InChI=1S/C15H15N3O2S2/c1-8(2)14(19)17-15-16-12(11-5-4-6-21-11)13(22-15)10-7-9(3)18-20-10/h4-8H,1-3H3,(H,16,17,19). The summed E-state index contributed by atoms with van der Waals surface area (Å²) in [6.07, 6.45) is 0. The molecule has 0 spiro atoms. The van der Waals surface area contributed by atoms with Crippen molar-refractivity contribution in [3.63, 3.8) is 0 Å². The first kappa shape index (κ1) is 14.9. The van der Waals surface area contributed by atoms with Crippen LogP contribution in [0, 0.1) is 12.8 Å². The van der Waals surface area contributed by atoms with Gasteiger partial charge < -0.3 is 9.84 Å². The van der Waals surface area contributed by atoms with E-state index < -0.39 is 0 Å². The lowest BCUT2D eigenvalue weighted by Crippen LogP contribution is -2.17. The maximum Gasteiger partial charge on any atom is 0.228 e. The van der Waals surface area contributed by atoms with Crippen LogP contribution in [0.25, 0.3) is 21.2 Å². The van der Waals surface area contributed by atoms with Gasteiger partial charge in [-0.2, -0.15) is 0 Å². The van der Waals surface area contributed by atoms with Gasteiger partial charge in [0.2, 0.25) is 5.91 Å². The molecule has 0 aromatic carbocycles. The summed E-state index contributed by atoms with van der Waals surface area (Å²) in [5, 5.41) is 9.36. The fraction of sp³-hybridized carbons (Fsp3) is 0.267. The highest BCUT2D eigenvalue weighted by Gasteiger charge is 2.20. The van der Waals surface area contributed by atoms with Crippen LogP contribution < -0.4 is 5.32 Å². The molecular weight excluding hydrogens is 318 g/mol. The summed E-state index contributed by atoms with van der Waals surface area (Å²) >= 11 is 3.00. The summed E-state index contributed by atoms with van der Waals surface area (Å²) in [5.74, 6) is 0.528. The molecule has 0 aliphatic rings. The van der Waals surface area contributed by atoms with Gasteiger partial charge in [-0.25, -0.2) is 4.98 Å². The van der Waals surface area contributed by atoms with E-state index in [9.17, 15) is 4.79 Å². The van der Waals surface area contributed by atoms with Crippen molar-refractivity contribution in [2.45, 2.75) is 20.8 Å². The van der Waals surface area contributed by atoms with Crippen LogP contribution in [0.15, 0.2) is 28.1 Å². The van der Waals surface area contributed by atoms with Crippen LogP contribution in [0.1, 0.15) is 19.5 Å². The largest absolute Gasteiger partial charge is 0.355 e. The molecule has 22 heavy (non-hydrogen) atoms. The van der Waals surface area contributed by atoms with Gasteiger partial charge in [0, 0.05) is 12.0 Å². The van der Waals surface area contributed by atoms with Crippen molar-refractivity contribution in [1.29, 1.82) is 0 Å².